The minimum atomic E-state index is -0.701. The number of unbranched alkanes of at least 4 members (excludes halogenated alkanes) is 43. The monoisotopic (exact) mass is 1010 g/mol. The zero-order chi connectivity index (χ0) is 52.2. The van der Waals surface area contributed by atoms with Gasteiger partial charge in [-0.3, -0.25) is 9.59 Å². The molecule has 0 aliphatic carbocycles. The zero-order valence-electron chi connectivity index (χ0n) is 48.4. The third-order valence-corrected chi connectivity index (χ3v) is 14.9. The summed E-state index contributed by atoms with van der Waals surface area (Å²) in [4.78, 5) is 24.6. The van der Waals surface area contributed by atoms with Crippen LogP contribution < -0.4 is 5.32 Å². The second kappa shape index (κ2) is 61.6. The number of aliphatic hydroxyl groups is 2. The Kier molecular flexibility index (Phi) is 60.0. The molecule has 424 valence electrons. The van der Waals surface area contributed by atoms with Crippen LogP contribution in [0.4, 0.5) is 0 Å². The molecule has 0 aromatic carbocycles. The number of amides is 1. The minimum absolute atomic E-state index is 0.0166. The number of rotatable bonds is 60. The fourth-order valence-electron chi connectivity index (χ4n) is 9.98. The van der Waals surface area contributed by atoms with E-state index in [1.165, 1.54) is 257 Å². The van der Waals surface area contributed by atoms with Gasteiger partial charge in [-0.15, -0.1) is 0 Å². The molecule has 72 heavy (non-hydrogen) atoms. The average Bonchev–Trinajstić information content (AvgIpc) is 3.38. The van der Waals surface area contributed by atoms with Crippen LogP contribution in [0.25, 0.3) is 0 Å². The number of ether oxygens (including phenoxy) is 1. The standard InChI is InChI=1S/C66H125NO5/c1-3-5-7-9-11-13-15-17-19-21-23-24-25-26-28-29-31-34-38-42-46-50-54-58-64(69)63(62-68)67-65(70)59-55-51-47-43-39-35-33-37-41-45-49-53-57-61-72-66(71)60-56-52-48-44-40-36-32-30-27-22-20-18-16-14-12-10-8-6-4-2/h18,20,35,39,47,51,63-64,68-69H,3-17,19,21-34,36-38,40-46,48-50,52-62H2,1-2H3,(H,67,70)/b20-18-,39-35-,51-47-. The SMILES string of the molecule is CCCCCCCC/C=C\CCCCCCCCCCCC(=O)OCCCCCCCC/C=C\C/C=C\CCC(=O)NC(CO)C(O)CCCCCCCCCCCCCCCCCCCCCCCCC. The Hall–Kier alpha value is -1.92. The van der Waals surface area contributed by atoms with Gasteiger partial charge in [-0.25, -0.2) is 0 Å². The van der Waals surface area contributed by atoms with E-state index in [1.54, 1.807) is 0 Å². The van der Waals surface area contributed by atoms with Gasteiger partial charge in [0.2, 0.25) is 5.91 Å². The van der Waals surface area contributed by atoms with Gasteiger partial charge in [-0.05, 0) is 70.6 Å². The number of hydrogen-bond donors (Lipinski definition) is 3. The van der Waals surface area contributed by atoms with E-state index in [2.05, 4.69) is 49.5 Å². The summed E-state index contributed by atoms with van der Waals surface area (Å²) in [6.45, 7) is 4.91. The van der Waals surface area contributed by atoms with Crippen LogP contribution >= 0.6 is 0 Å². The molecule has 0 rings (SSSR count). The van der Waals surface area contributed by atoms with Gasteiger partial charge in [0.15, 0.2) is 0 Å². The molecule has 0 radical (unpaired) electrons. The third kappa shape index (κ3) is 57.4. The molecule has 1 amide bonds. The number of carbonyl (C=O) groups is 2. The van der Waals surface area contributed by atoms with Crippen molar-refractivity contribution in [3.63, 3.8) is 0 Å². The molecular weight excluding hydrogens is 887 g/mol. The van der Waals surface area contributed by atoms with Crippen LogP contribution in [0.1, 0.15) is 348 Å². The van der Waals surface area contributed by atoms with E-state index in [4.69, 9.17) is 4.74 Å². The molecule has 0 aromatic rings. The Morgan fingerprint density at radius 2 is 0.708 bits per heavy atom. The molecule has 0 aliphatic rings. The zero-order valence-corrected chi connectivity index (χ0v) is 48.4. The molecule has 6 nitrogen and oxygen atoms in total. The third-order valence-electron chi connectivity index (χ3n) is 14.9. The first kappa shape index (κ1) is 70.1. The van der Waals surface area contributed by atoms with Crippen LogP contribution in [0, 0.1) is 0 Å². The smallest absolute Gasteiger partial charge is 0.305 e. The highest BCUT2D eigenvalue weighted by Gasteiger charge is 2.20. The van der Waals surface area contributed by atoms with E-state index in [1.807, 2.05) is 6.08 Å². The van der Waals surface area contributed by atoms with E-state index in [9.17, 15) is 19.8 Å². The van der Waals surface area contributed by atoms with Crippen LogP contribution in [0.15, 0.2) is 36.5 Å². The fraction of sp³-hybridized carbons (Fsp3) is 0.879. The maximum absolute atomic E-state index is 12.5. The fourth-order valence-corrected chi connectivity index (χ4v) is 9.98. The number of aliphatic hydroxyl groups excluding tert-OH is 2. The lowest BCUT2D eigenvalue weighted by Gasteiger charge is -2.22. The lowest BCUT2D eigenvalue weighted by molar-refractivity contribution is -0.143. The van der Waals surface area contributed by atoms with Crippen molar-refractivity contribution in [1.82, 2.24) is 5.32 Å². The van der Waals surface area contributed by atoms with Crippen molar-refractivity contribution < 1.29 is 24.5 Å². The highest BCUT2D eigenvalue weighted by Crippen LogP contribution is 2.18. The number of carbonyl (C=O) groups excluding carboxylic acids is 2. The molecule has 0 spiro atoms. The molecule has 6 heteroatoms. The Morgan fingerprint density at radius 3 is 1.10 bits per heavy atom. The first-order valence-electron chi connectivity index (χ1n) is 32.2. The Balaban J connectivity index is 3.51. The van der Waals surface area contributed by atoms with Crippen molar-refractivity contribution in [2.75, 3.05) is 13.2 Å². The Labute approximate surface area is 449 Å². The average molecular weight is 1010 g/mol. The quantitative estimate of drug-likeness (QED) is 0.0320. The maximum atomic E-state index is 12.5. The summed E-state index contributed by atoms with van der Waals surface area (Å²) in [5.41, 5.74) is 0. The number of nitrogens with one attached hydrogen (secondary N) is 1. The van der Waals surface area contributed by atoms with Gasteiger partial charge >= 0.3 is 5.97 Å². The maximum Gasteiger partial charge on any atom is 0.305 e. The summed E-state index contributed by atoms with van der Waals surface area (Å²) in [5.74, 6) is -0.129. The molecule has 0 bridgehead atoms. The minimum Gasteiger partial charge on any atom is -0.466 e. The van der Waals surface area contributed by atoms with Gasteiger partial charge in [-0.1, -0.05) is 301 Å². The highest BCUT2D eigenvalue weighted by molar-refractivity contribution is 5.76. The Morgan fingerprint density at radius 1 is 0.389 bits per heavy atom. The molecule has 2 unspecified atom stereocenters. The van der Waals surface area contributed by atoms with Crippen LogP contribution in [0.2, 0.25) is 0 Å². The van der Waals surface area contributed by atoms with Gasteiger partial charge in [0, 0.05) is 12.8 Å². The predicted octanol–water partition coefficient (Wildman–Crippen LogP) is 20.4. The lowest BCUT2D eigenvalue weighted by atomic mass is 10.0. The normalized spacial score (nSPS) is 12.8. The van der Waals surface area contributed by atoms with Gasteiger partial charge < -0.3 is 20.3 Å². The molecule has 3 N–H and O–H groups in total. The second-order valence-corrected chi connectivity index (χ2v) is 22.1. The van der Waals surface area contributed by atoms with E-state index in [-0.39, 0.29) is 18.5 Å². The summed E-state index contributed by atoms with van der Waals surface area (Å²) in [5, 5.41) is 23.3. The summed E-state index contributed by atoms with van der Waals surface area (Å²) in [6.07, 6.45) is 77.4. The molecule has 0 heterocycles. The van der Waals surface area contributed by atoms with Crippen LogP contribution in [-0.4, -0.2) is 47.4 Å². The Bertz CT molecular complexity index is 1170. The van der Waals surface area contributed by atoms with Gasteiger partial charge in [0.25, 0.3) is 0 Å². The molecule has 2 atom stereocenters. The molecule has 0 aliphatic heterocycles. The molecule has 0 fully saturated rings. The molecule has 0 saturated heterocycles. The first-order chi connectivity index (χ1) is 35.5. The van der Waals surface area contributed by atoms with Crippen molar-refractivity contribution in [2.45, 2.75) is 360 Å². The summed E-state index contributed by atoms with van der Waals surface area (Å²) < 4.78 is 5.48. The topological polar surface area (TPSA) is 95.9 Å². The number of hydrogen-bond acceptors (Lipinski definition) is 5. The predicted molar refractivity (Wildman–Crippen MR) is 315 cm³/mol. The van der Waals surface area contributed by atoms with E-state index >= 15 is 0 Å². The summed E-state index contributed by atoms with van der Waals surface area (Å²) >= 11 is 0. The van der Waals surface area contributed by atoms with E-state index in [0.29, 0.717) is 32.3 Å². The van der Waals surface area contributed by atoms with Crippen LogP contribution in [0.5, 0.6) is 0 Å². The molecular formula is C66H125NO5. The first-order valence-corrected chi connectivity index (χ1v) is 32.2. The van der Waals surface area contributed by atoms with Crippen molar-refractivity contribution in [3.8, 4) is 0 Å². The summed E-state index contributed by atoms with van der Waals surface area (Å²) in [6, 6.07) is -0.587. The van der Waals surface area contributed by atoms with Crippen molar-refractivity contribution >= 4 is 11.9 Å². The number of esters is 1. The van der Waals surface area contributed by atoms with Crippen molar-refractivity contribution in [1.29, 1.82) is 0 Å². The van der Waals surface area contributed by atoms with Crippen LogP contribution in [0.3, 0.4) is 0 Å². The summed E-state index contributed by atoms with van der Waals surface area (Å²) in [7, 11) is 0. The van der Waals surface area contributed by atoms with Gasteiger partial charge in [-0.2, -0.15) is 0 Å². The van der Waals surface area contributed by atoms with Crippen LogP contribution in [-0.2, 0) is 14.3 Å². The van der Waals surface area contributed by atoms with Gasteiger partial charge in [0.1, 0.15) is 0 Å². The second-order valence-electron chi connectivity index (χ2n) is 22.1. The molecule has 0 saturated carbocycles. The van der Waals surface area contributed by atoms with Crippen molar-refractivity contribution in [3.05, 3.63) is 36.5 Å². The van der Waals surface area contributed by atoms with E-state index < -0.39 is 12.1 Å². The number of allylic oxidation sites excluding steroid dienone is 6. The van der Waals surface area contributed by atoms with Gasteiger partial charge in [0.05, 0.1) is 25.4 Å². The van der Waals surface area contributed by atoms with Crippen molar-refractivity contribution in [2.24, 2.45) is 0 Å². The molecule has 0 aromatic heterocycles. The lowest BCUT2D eigenvalue weighted by Crippen LogP contribution is -2.45. The largest absolute Gasteiger partial charge is 0.466 e. The van der Waals surface area contributed by atoms with E-state index in [0.717, 1.165) is 51.4 Å². The highest BCUT2D eigenvalue weighted by atomic mass is 16.5.